The molecule has 2 nitrogen and oxygen atoms in total. The molecule has 1 saturated carbocycles. The van der Waals surface area contributed by atoms with Crippen molar-refractivity contribution in [1.82, 2.24) is 4.98 Å². The van der Waals surface area contributed by atoms with Crippen LogP contribution in [0.15, 0.2) is 12.4 Å². The van der Waals surface area contributed by atoms with Crippen LogP contribution in [-0.2, 0) is 4.43 Å². The zero-order valence-corrected chi connectivity index (χ0v) is 19.6. The Balaban J connectivity index is 2.21. The molecule has 0 aromatic carbocycles. The van der Waals surface area contributed by atoms with Crippen LogP contribution < -0.4 is 0 Å². The van der Waals surface area contributed by atoms with Gasteiger partial charge in [-0.3, -0.25) is 4.98 Å². The Morgan fingerprint density at radius 2 is 1.73 bits per heavy atom. The van der Waals surface area contributed by atoms with Crippen LogP contribution in [0.1, 0.15) is 78.4 Å². The largest absolute Gasteiger partial charge is 0.410 e. The molecule has 148 valence electrons. The average molecular weight is 417 g/mol. The summed E-state index contributed by atoms with van der Waals surface area (Å²) in [5.74, 6) is 0.788. The summed E-state index contributed by atoms with van der Waals surface area (Å²) in [6.07, 6.45) is 9.55. The van der Waals surface area contributed by atoms with E-state index < -0.39 is 8.32 Å². The lowest BCUT2D eigenvalue weighted by molar-refractivity contribution is 0.167. The molecular formula is C21H35Cl2NOSi. The maximum absolute atomic E-state index is 6.89. The first kappa shape index (κ1) is 22.2. The Hall–Kier alpha value is -0.0931. The van der Waals surface area contributed by atoms with Gasteiger partial charge < -0.3 is 4.43 Å². The van der Waals surface area contributed by atoms with Crippen LogP contribution in [0.25, 0.3) is 0 Å². The predicted octanol–water partition coefficient (Wildman–Crippen LogP) is 8.06. The summed E-state index contributed by atoms with van der Waals surface area (Å²) in [4.78, 5) is 4.13. The molecule has 1 fully saturated rings. The first-order chi connectivity index (χ1) is 12.3. The van der Waals surface area contributed by atoms with Gasteiger partial charge in [0.15, 0.2) is 8.32 Å². The van der Waals surface area contributed by atoms with Gasteiger partial charge in [0.25, 0.3) is 0 Å². The standard InChI is InChI=1S/C21H35Cl2NOSi/c1-6-26(7-2,8-3)25-19(20-17(22)14-24-15-18(20)23)10-9-16-11-12-21(4,5)13-16/h14-16,19H,6-13H2,1-5H3. The van der Waals surface area contributed by atoms with Crippen molar-refractivity contribution in [3.63, 3.8) is 0 Å². The Labute approximate surface area is 171 Å². The summed E-state index contributed by atoms with van der Waals surface area (Å²) in [6.45, 7) is 11.6. The van der Waals surface area contributed by atoms with Crippen molar-refractivity contribution in [2.24, 2.45) is 11.3 Å². The predicted molar refractivity (Wildman–Crippen MR) is 116 cm³/mol. The first-order valence-electron chi connectivity index (χ1n) is 10.2. The van der Waals surface area contributed by atoms with Crippen molar-refractivity contribution in [3.8, 4) is 0 Å². The quantitative estimate of drug-likeness (QED) is 0.380. The number of aromatic nitrogens is 1. The summed E-state index contributed by atoms with van der Waals surface area (Å²) < 4.78 is 6.89. The molecule has 2 atom stereocenters. The number of hydrogen-bond acceptors (Lipinski definition) is 2. The molecule has 2 rings (SSSR count). The summed E-state index contributed by atoms with van der Waals surface area (Å²) in [5.41, 5.74) is 1.44. The monoisotopic (exact) mass is 415 g/mol. The van der Waals surface area contributed by atoms with Crippen LogP contribution in [0.2, 0.25) is 28.2 Å². The molecule has 1 aliphatic rings. The molecule has 0 spiro atoms. The number of pyridine rings is 1. The van der Waals surface area contributed by atoms with Gasteiger partial charge in [-0.2, -0.15) is 0 Å². The fourth-order valence-corrected chi connectivity index (χ4v) is 7.95. The summed E-state index contributed by atoms with van der Waals surface area (Å²) in [5, 5.41) is 1.28. The van der Waals surface area contributed by atoms with Crippen LogP contribution in [0.3, 0.4) is 0 Å². The molecule has 0 radical (unpaired) electrons. The maximum Gasteiger partial charge on any atom is 0.192 e. The van der Waals surface area contributed by atoms with Gasteiger partial charge >= 0.3 is 0 Å². The van der Waals surface area contributed by atoms with Crippen molar-refractivity contribution >= 4 is 31.5 Å². The molecule has 1 heterocycles. The van der Waals surface area contributed by atoms with E-state index in [9.17, 15) is 0 Å². The highest BCUT2D eigenvalue weighted by molar-refractivity contribution is 6.73. The second kappa shape index (κ2) is 9.40. The smallest absolute Gasteiger partial charge is 0.192 e. The third kappa shape index (κ3) is 5.47. The van der Waals surface area contributed by atoms with Crippen molar-refractivity contribution in [1.29, 1.82) is 0 Å². The minimum absolute atomic E-state index is 0.00627. The van der Waals surface area contributed by atoms with E-state index >= 15 is 0 Å². The molecule has 0 N–H and O–H groups in total. The lowest BCUT2D eigenvalue weighted by atomic mass is 9.89. The second-order valence-corrected chi connectivity index (χ2v) is 14.3. The highest BCUT2D eigenvalue weighted by Crippen LogP contribution is 2.45. The summed E-state index contributed by atoms with van der Waals surface area (Å²) in [7, 11) is -1.75. The van der Waals surface area contributed by atoms with Crippen molar-refractivity contribution in [3.05, 3.63) is 28.0 Å². The molecule has 1 aromatic heterocycles. The van der Waals surface area contributed by atoms with Gasteiger partial charge in [-0.25, -0.2) is 0 Å². The van der Waals surface area contributed by atoms with E-state index in [1.807, 2.05) is 0 Å². The Morgan fingerprint density at radius 1 is 1.15 bits per heavy atom. The van der Waals surface area contributed by atoms with E-state index in [0.29, 0.717) is 15.5 Å². The van der Waals surface area contributed by atoms with Crippen LogP contribution in [0.4, 0.5) is 0 Å². The fourth-order valence-electron chi connectivity index (χ4n) is 4.51. The van der Waals surface area contributed by atoms with Gasteiger partial charge in [-0.1, -0.05) is 57.8 Å². The average Bonchev–Trinajstić information content (AvgIpc) is 2.96. The van der Waals surface area contributed by atoms with Crippen LogP contribution in [0, 0.1) is 11.3 Å². The molecule has 0 saturated heterocycles. The molecule has 0 amide bonds. The number of hydrogen-bond donors (Lipinski definition) is 0. The SMILES string of the molecule is CC[Si](CC)(CC)OC(CCC1CCC(C)(C)C1)c1c(Cl)cncc1Cl. The minimum atomic E-state index is -1.75. The van der Waals surface area contributed by atoms with Gasteiger partial charge in [-0.05, 0) is 61.6 Å². The van der Waals surface area contributed by atoms with Crippen molar-refractivity contribution in [2.45, 2.75) is 91.0 Å². The topological polar surface area (TPSA) is 22.1 Å². The lowest BCUT2D eigenvalue weighted by Crippen LogP contribution is -2.37. The molecule has 0 bridgehead atoms. The highest BCUT2D eigenvalue weighted by atomic mass is 35.5. The van der Waals surface area contributed by atoms with Crippen LogP contribution in [-0.4, -0.2) is 13.3 Å². The van der Waals surface area contributed by atoms with Gasteiger partial charge in [-0.15, -0.1) is 0 Å². The van der Waals surface area contributed by atoms with E-state index in [0.717, 1.165) is 36.0 Å². The van der Waals surface area contributed by atoms with Gasteiger partial charge in [0.2, 0.25) is 0 Å². The van der Waals surface area contributed by atoms with E-state index in [4.69, 9.17) is 27.6 Å². The normalized spacial score (nSPS) is 21.1. The lowest BCUT2D eigenvalue weighted by Gasteiger charge is -2.34. The molecule has 2 unspecified atom stereocenters. The van der Waals surface area contributed by atoms with Crippen LogP contribution >= 0.6 is 23.2 Å². The van der Waals surface area contributed by atoms with Crippen molar-refractivity contribution < 1.29 is 4.43 Å². The molecule has 5 heteroatoms. The molecule has 1 aliphatic carbocycles. The van der Waals surface area contributed by atoms with Crippen LogP contribution in [0.5, 0.6) is 0 Å². The van der Waals surface area contributed by atoms with E-state index in [2.05, 4.69) is 39.6 Å². The van der Waals surface area contributed by atoms with Gasteiger partial charge in [0, 0.05) is 18.0 Å². The molecule has 26 heavy (non-hydrogen) atoms. The zero-order chi connectivity index (χ0) is 19.4. The maximum atomic E-state index is 6.89. The second-order valence-electron chi connectivity index (χ2n) is 8.72. The minimum Gasteiger partial charge on any atom is -0.410 e. The van der Waals surface area contributed by atoms with Gasteiger partial charge in [0.05, 0.1) is 16.1 Å². The highest BCUT2D eigenvalue weighted by Gasteiger charge is 2.36. The Kier molecular flexibility index (Phi) is 8.03. The Bertz CT molecular complexity index is 561. The third-order valence-electron chi connectivity index (χ3n) is 6.45. The Morgan fingerprint density at radius 3 is 2.19 bits per heavy atom. The first-order valence-corrected chi connectivity index (χ1v) is 13.5. The molecular weight excluding hydrogens is 381 g/mol. The summed E-state index contributed by atoms with van der Waals surface area (Å²) >= 11 is 13.0. The van der Waals surface area contributed by atoms with Gasteiger partial charge in [0.1, 0.15) is 0 Å². The van der Waals surface area contributed by atoms with E-state index in [1.165, 1.54) is 25.7 Å². The zero-order valence-electron chi connectivity index (χ0n) is 17.1. The fraction of sp³-hybridized carbons (Fsp3) is 0.762. The number of halogens is 2. The molecule has 1 aromatic rings. The molecule has 0 aliphatic heterocycles. The van der Waals surface area contributed by atoms with E-state index in [-0.39, 0.29) is 6.10 Å². The summed E-state index contributed by atoms with van der Waals surface area (Å²) in [6, 6.07) is 3.40. The number of rotatable bonds is 9. The third-order valence-corrected chi connectivity index (χ3v) is 11.7. The number of nitrogens with zero attached hydrogens (tertiary/aromatic N) is 1. The van der Waals surface area contributed by atoms with Crippen molar-refractivity contribution in [2.75, 3.05) is 0 Å². The van der Waals surface area contributed by atoms with E-state index in [1.54, 1.807) is 12.4 Å².